The molecule has 0 bridgehead atoms. The van der Waals surface area contributed by atoms with E-state index >= 15 is 0 Å². The second-order valence-electron chi connectivity index (χ2n) is 3.80. The molecule has 0 aliphatic rings. The molecule has 0 radical (unpaired) electrons. The normalized spacial score (nSPS) is 10.3. The van der Waals surface area contributed by atoms with Crippen LogP contribution in [0.4, 0.5) is 0 Å². The lowest BCUT2D eigenvalue weighted by Gasteiger charge is -2.11. The summed E-state index contributed by atoms with van der Waals surface area (Å²) in [7, 11) is 0. The third-order valence-corrected chi connectivity index (χ3v) is 2.89. The van der Waals surface area contributed by atoms with Gasteiger partial charge in [-0.1, -0.05) is 23.2 Å². The number of carboxylic acid groups (broad SMARTS) is 1. The Morgan fingerprint density at radius 1 is 1.37 bits per heavy atom. The fourth-order valence-electron chi connectivity index (χ4n) is 1.55. The van der Waals surface area contributed by atoms with E-state index in [1.54, 1.807) is 13.0 Å². The summed E-state index contributed by atoms with van der Waals surface area (Å²) >= 11 is 11.9. The Morgan fingerprint density at radius 2 is 2.11 bits per heavy atom. The SMILES string of the molecule is Cc1cc(Cl)cc(Cl)c1Oc1ncccc1C(=O)O. The maximum Gasteiger partial charge on any atom is 0.341 e. The molecular weight excluding hydrogens is 289 g/mol. The highest BCUT2D eigenvalue weighted by molar-refractivity contribution is 6.35. The number of benzene rings is 1. The summed E-state index contributed by atoms with van der Waals surface area (Å²) in [6.45, 7) is 1.76. The molecule has 2 rings (SSSR count). The molecule has 0 atom stereocenters. The summed E-state index contributed by atoms with van der Waals surface area (Å²) in [6.07, 6.45) is 1.45. The van der Waals surface area contributed by atoms with Gasteiger partial charge >= 0.3 is 5.97 Å². The molecule has 0 unspecified atom stereocenters. The Labute approximate surface area is 119 Å². The number of carboxylic acids is 1. The number of aromatic carboxylic acids is 1. The quantitative estimate of drug-likeness (QED) is 0.923. The fourth-order valence-corrected chi connectivity index (χ4v) is 2.18. The standard InChI is InChI=1S/C13H9Cl2NO3/c1-7-5-8(14)6-10(15)11(7)19-12-9(13(17)18)3-2-4-16-12/h2-6H,1H3,(H,17,18). The molecule has 0 spiro atoms. The van der Waals surface area contributed by atoms with Gasteiger partial charge in [0.05, 0.1) is 5.02 Å². The number of aryl methyl sites for hydroxylation is 1. The van der Waals surface area contributed by atoms with E-state index in [0.717, 1.165) is 0 Å². The van der Waals surface area contributed by atoms with Crippen molar-refractivity contribution in [3.63, 3.8) is 0 Å². The van der Waals surface area contributed by atoms with Crippen molar-refractivity contribution in [1.82, 2.24) is 4.98 Å². The number of pyridine rings is 1. The molecule has 6 heteroatoms. The maximum atomic E-state index is 11.1. The Bertz CT molecular complexity index is 621. The number of hydrogen-bond donors (Lipinski definition) is 1. The molecule has 19 heavy (non-hydrogen) atoms. The van der Waals surface area contributed by atoms with Crippen LogP contribution in [0.3, 0.4) is 0 Å². The molecule has 1 N–H and O–H groups in total. The first-order chi connectivity index (χ1) is 8.99. The van der Waals surface area contributed by atoms with Gasteiger partial charge in [0.25, 0.3) is 0 Å². The average Bonchev–Trinajstić information content (AvgIpc) is 2.34. The number of carbonyl (C=O) groups is 1. The maximum absolute atomic E-state index is 11.1. The van der Waals surface area contributed by atoms with Crippen LogP contribution in [-0.4, -0.2) is 16.1 Å². The molecule has 0 amide bonds. The monoisotopic (exact) mass is 297 g/mol. The molecule has 0 fully saturated rings. The van der Waals surface area contributed by atoms with E-state index in [1.807, 2.05) is 0 Å². The number of ether oxygens (including phenoxy) is 1. The van der Waals surface area contributed by atoms with Gasteiger partial charge < -0.3 is 9.84 Å². The minimum absolute atomic E-state index is 0.0117. The molecular formula is C13H9Cl2NO3. The minimum Gasteiger partial charge on any atom is -0.477 e. The summed E-state index contributed by atoms with van der Waals surface area (Å²) in [5.74, 6) is -0.791. The van der Waals surface area contributed by atoms with Crippen LogP contribution >= 0.6 is 23.2 Å². The van der Waals surface area contributed by atoms with Gasteiger partial charge in [-0.2, -0.15) is 0 Å². The van der Waals surface area contributed by atoms with Crippen LogP contribution in [0.5, 0.6) is 11.6 Å². The van der Waals surface area contributed by atoms with Crippen molar-refractivity contribution in [3.05, 3.63) is 51.6 Å². The molecule has 4 nitrogen and oxygen atoms in total. The van der Waals surface area contributed by atoms with Gasteiger partial charge in [-0.25, -0.2) is 9.78 Å². The number of aromatic nitrogens is 1. The zero-order valence-corrected chi connectivity index (χ0v) is 11.4. The predicted octanol–water partition coefficient (Wildman–Crippen LogP) is 4.19. The molecule has 1 aromatic carbocycles. The third kappa shape index (κ3) is 2.97. The van der Waals surface area contributed by atoms with E-state index in [4.69, 9.17) is 33.0 Å². The molecule has 2 aromatic rings. The summed E-state index contributed by atoms with van der Waals surface area (Å²) in [4.78, 5) is 15.0. The first-order valence-corrected chi connectivity index (χ1v) is 6.06. The van der Waals surface area contributed by atoms with Gasteiger partial charge in [-0.15, -0.1) is 0 Å². The first kappa shape index (κ1) is 13.6. The van der Waals surface area contributed by atoms with Crippen molar-refractivity contribution in [3.8, 4) is 11.6 Å². The van der Waals surface area contributed by atoms with E-state index < -0.39 is 5.97 Å². The molecule has 1 heterocycles. The smallest absolute Gasteiger partial charge is 0.341 e. The summed E-state index contributed by atoms with van der Waals surface area (Å²) in [5, 5.41) is 9.83. The van der Waals surface area contributed by atoms with Crippen LogP contribution < -0.4 is 4.74 Å². The van der Waals surface area contributed by atoms with E-state index in [1.165, 1.54) is 24.4 Å². The van der Waals surface area contributed by atoms with Crippen molar-refractivity contribution in [2.45, 2.75) is 6.92 Å². The van der Waals surface area contributed by atoms with Crippen molar-refractivity contribution in [1.29, 1.82) is 0 Å². The number of hydrogen-bond acceptors (Lipinski definition) is 3. The highest BCUT2D eigenvalue weighted by atomic mass is 35.5. The van der Waals surface area contributed by atoms with Gasteiger partial charge in [0.1, 0.15) is 5.56 Å². The van der Waals surface area contributed by atoms with Gasteiger partial charge in [0.2, 0.25) is 5.88 Å². The highest BCUT2D eigenvalue weighted by Crippen LogP contribution is 2.35. The topological polar surface area (TPSA) is 59.4 Å². The zero-order valence-electron chi connectivity index (χ0n) is 9.85. The van der Waals surface area contributed by atoms with Crippen LogP contribution in [0, 0.1) is 6.92 Å². The lowest BCUT2D eigenvalue weighted by molar-refractivity contribution is 0.0693. The molecule has 1 aromatic heterocycles. The highest BCUT2D eigenvalue weighted by Gasteiger charge is 2.15. The van der Waals surface area contributed by atoms with Gasteiger partial charge in [-0.3, -0.25) is 0 Å². The molecule has 0 aliphatic carbocycles. The Morgan fingerprint density at radius 3 is 2.74 bits per heavy atom. The molecule has 98 valence electrons. The minimum atomic E-state index is -1.12. The number of nitrogens with zero attached hydrogens (tertiary/aromatic N) is 1. The van der Waals surface area contributed by atoms with Crippen LogP contribution in [0.25, 0.3) is 0 Å². The molecule has 0 saturated carbocycles. The van der Waals surface area contributed by atoms with Gasteiger partial charge in [-0.05, 0) is 36.8 Å². The van der Waals surface area contributed by atoms with E-state index in [-0.39, 0.29) is 11.4 Å². The zero-order chi connectivity index (χ0) is 14.0. The Hall–Kier alpha value is -1.78. The summed E-state index contributed by atoms with van der Waals surface area (Å²) in [5.41, 5.74) is 0.660. The van der Waals surface area contributed by atoms with E-state index in [0.29, 0.717) is 21.4 Å². The Kier molecular flexibility index (Phi) is 3.93. The van der Waals surface area contributed by atoms with Crippen LogP contribution in [0.1, 0.15) is 15.9 Å². The van der Waals surface area contributed by atoms with Gasteiger partial charge in [0, 0.05) is 11.2 Å². The largest absolute Gasteiger partial charge is 0.477 e. The second kappa shape index (κ2) is 5.47. The van der Waals surface area contributed by atoms with Crippen molar-refractivity contribution in [2.24, 2.45) is 0 Å². The number of rotatable bonds is 3. The Balaban J connectivity index is 2.45. The predicted molar refractivity (Wildman–Crippen MR) is 72.5 cm³/mol. The van der Waals surface area contributed by atoms with Crippen molar-refractivity contribution >= 4 is 29.2 Å². The second-order valence-corrected chi connectivity index (χ2v) is 4.64. The molecule has 0 saturated heterocycles. The van der Waals surface area contributed by atoms with Crippen LogP contribution in [0.2, 0.25) is 10.0 Å². The lowest BCUT2D eigenvalue weighted by Crippen LogP contribution is -2.02. The van der Waals surface area contributed by atoms with E-state index in [9.17, 15) is 4.79 Å². The van der Waals surface area contributed by atoms with Crippen LogP contribution in [-0.2, 0) is 0 Å². The van der Waals surface area contributed by atoms with Crippen molar-refractivity contribution in [2.75, 3.05) is 0 Å². The van der Waals surface area contributed by atoms with Crippen LogP contribution in [0.15, 0.2) is 30.5 Å². The summed E-state index contributed by atoms with van der Waals surface area (Å²) < 4.78 is 5.50. The number of halogens is 2. The van der Waals surface area contributed by atoms with Crippen molar-refractivity contribution < 1.29 is 14.6 Å². The summed E-state index contributed by atoms with van der Waals surface area (Å²) in [6, 6.07) is 6.12. The molecule has 0 aliphatic heterocycles. The van der Waals surface area contributed by atoms with E-state index in [2.05, 4.69) is 4.98 Å². The fraction of sp³-hybridized carbons (Fsp3) is 0.0769. The lowest BCUT2D eigenvalue weighted by atomic mass is 10.2. The first-order valence-electron chi connectivity index (χ1n) is 5.31. The average molecular weight is 298 g/mol. The third-order valence-electron chi connectivity index (χ3n) is 2.39. The van der Waals surface area contributed by atoms with Gasteiger partial charge in [0.15, 0.2) is 5.75 Å².